The monoisotopic (exact) mass is 393 g/mol. The summed E-state index contributed by atoms with van der Waals surface area (Å²) in [4.78, 5) is 41.0. The van der Waals surface area contributed by atoms with Gasteiger partial charge in [0.05, 0.1) is 6.54 Å². The van der Waals surface area contributed by atoms with Gasteiger partial charge in [-0.1, -0.05) is 60.7 Å². The maximum Gasteiger partial charge on any atom is 0.410 e. The van der Waals surface area contributed by atoms with Gasteiger partial charge in [-0.3, -0.25) is 9.59 Å². The summed E-state index contributed by atoms with van der Waals surface area (Å²) in [7, 11) is 0. The molecule has 3 amide bonds. The molecule has 7 nitrogen and oxygen atoms in total. The molecule has 2 aliphatic heterocycles. The number of hydrogen-bond acceptors (Lipinski definition) is 4. The maximum absolute atomic E-state index is 12.9. The van der Waals surface area contributed by atoms with Gasteiger partial charge in [0, 0.05) is 19.5 Å². The number of piperazine rings is 2. The van der Waals surface area contributed by atoms with E-state index in [0.29, 0.717) is 19.5 Å². The Morgan fingerprint density at radius 1 is 0.966 bits per heavy atom. The van der Waals surface area contributed by atoms with E-state index >= 15 is 0 Å². The van der Waals surface area contributed by atoms with Gasteiger partial charge in [-0.15, -0.1) is 0 Å². The van der Waals surface area contributed by atoms with Gasteiger partial charge in [0.2, 0.25) is 11.8 Å². The molecule has 2 aliphatic rings. The van der Waals surface area contributed by atoms with Crippen molar-refractivity contribution in [1.29, 1.82) is 0 Å². The Hall–Kier alpha value is -3.35. The molecular weight excluding hydrogens is 370 g/mol. The zero-order chi connectivity index (χ0) is 20.2. The van der Waals surface area contributed by atoms with Crippen molar-refractivity contribution in [1.82, 2.24) is 15.1 Å². The highest BCUT2D eigenvalue weighted by Gasteiger charge is 2.44. The second kappa shape index (κ2) is 8.34. The first kappa shape index (κ1) is 19.0. The van der Waals surface area contributed by atoms with E-state index in [4.69, 9.17) is 4.74 Å². The molecule has 0 unspecified atom stereocenters. The molecule has 2 atom stereocenters. The Balaban J connectivity index is 1.36. The molecule has 0 aromatic heterocycles. The lowest BCUT2D eigenvalue weighted by Gasteiger charge is -2.44. The highest BCUT2D eigenvalue weighted by molar-refractivity contribution is 5.97. The average Bonchev–Trinajstić information content (AvgIpc) is 2.77. The van der Waals surface area contributed by atoms with Crippen molar-refractivity contribution >= 4 is 17.9 Å². The molecule has 29 heavy (non-hydrogen) atoms. The first-order valence-corrected chi connectivity index (χ1v) is 9.72. The van der Waals surface area contributed by atoms with Crippen molar-refractivity contribution in [2.75, 3.05) is 19.6 Å². The van der Waals surface area contributed by atoms with Crippen molar-refractivity contribution in [3.63, 3.8) is 0 Å². The van der Waals surface area contributed by atoms with E-state index in [1.54, 1.807) is 4.90 Å². The highest BCUT2D eigenvalue weighted by Crippen LogP contribution is 2.19. The lowest BCUT2D eigenvalue weighted by atomic mass is 9.99. The Labute approximate surface area is 169 Å². The van der Waals surface area contributed by atoms with Gasteiger partial charge in [0.15, 0.2) is 0 Å². The van der Waals surface area contributed by atoms with Gasteiger partial charge >= 0.3 is 6.09 Å². The normalized spacial score (nSPS) is 21.4. The number of nitrogens with zero attached hydrogens (tertiary/aromatic N) is 2. The molecule has 2 saturated heterocycles. The van der Waals surface area contributed by atoms with Crippen LogP contribution < -0.4 is 5.32 Å². The molecule has 2 aromatic rings. The van der Waals surface area contributed by atoms with Crippen LogP contribution in [-0.4, -0.2) is 59.4 Å². The lowest BCUT2D eigenvalue weighted by Crippen LogP contribution is -2.70. The van der Waals surface area contributed by atoms with E-state index in [1.165, 1.54) is 4.90 Å². The van der Waals surface area contributed by atoms with Crippen molar-refractivity contribution in [2.45, 2.75) is 25.1 Å². The molecule has 4 rings (SSSR count). The van der Waals surface area contributed by atoms with Gasteiger partial charge in [-0.2, -0.15) is 0 Å². The smallest absolute Gasteiger partial charge is 0.410 e. The van der Waals surface area contributed by atoms with Crippen LogP contribution in [-0.2, 0) is 27.4 Å². The van der Waals surface area contributed by atoms with E-state index < -0.39 is 18.2 Å². The lowest BCUT2D eigenvalue weighted by molar-refractivity contribution is -0.152. The van der Waals surface area contributed by atoms with Crippen molar-refractivity contribution in [3.05, 3.63) is 71.8 Å². The van der Waals surface area contributed by atoms with Crippen LogP contribution in [0, 0.1) is 0 Å². The second-order valence-corrected chi connectivity index (χ2v) is 7.28. The van der Waals surface area contributed by atoms with E-state index in [2.05, 4.69) is 5.32 Å². The van der Waals surface area contributed by atoms with Crippen LogP contribution >= 0.6 is 0 Å². The fourth-order valence-electron chi connectivity index (χ4n) is 3.77. The number of amides is 3. The SMILES string of the molecule is O=C1N[C@H](Cc2ccccc2)C(=O)N2CCN(C(=O)OCc3ccccc3)C[C@H]12. The van der Waals surface area contributed by atoms with Crippen LogP contribution in [0.5, 0.6) is 0 Å². The van der Waals surface area contributed by atoms with Crippen LogP contribution in [0.4, 0.5) is 4.79 Å². The van der Waals surface area contributed by atoms with Crippen LogP contribution in [0.25, 0.3) is 0 Å². The van der Waals surface area contributed by atoms with Gasteiger partial charge in [0.1, 0.15) is 18.7 Å². The number of fused-ring (bicyclic) bond motifs is 1. The van der Waals surface area contributed by atoms with E-state index in [0.717, 1.165) is 11.1 Å². The summed E-state index contributed by atoms with van der Waals surface area (Å²) in [6.07, 6.45) is -0.0163. The summed E-state index contributed by atoms with van der Waals surface area (Å²) in [6, 6.07) is 17.8. The van der Waals surface area contributed by atoms with Gasteiger partial charge in [-0.05, 0) is 11.1 Å². The Kier molecular flexibility index (Phi) is 5.46. The van der Waals surface area contributed by atoms with Crippen LogP contribution in [0.3, 0.4) is 0 Å². The van der Waals surface area contributed by atoms with Crippen LogP contribution in [0.2, 0.25) is 0 Å². The molecule has 2 heterocycles. The van der Waals surface area contributed by atoms with E-state index in [1.807, 2.05) is 60.7 Å². The second-order valence-electron chi connectivity index (χ2n) is 7.28. The first-order valence-electron chi connectivity index (χ1n) is 9.72. The van der Waals surface area contributed by atoms with Crippen LogP contribution in [0.1, 0.15) is 11.1 Å². The molecule has 0 saturated carbocycles. The van der Waals surface area contributed by atoms with E-state index in [9.17, 15) is 14.4 Å². The molecule has 7 heteroatoms. The number of nitrogens with one attached hydrogen (secondary N) is 1. The minimum atomic E-state index is -0.674. The molecule has 150 valence electrons. The summed E-state index contributed by atoms with van der Waals surface area (Å²) in [5.41, 5.74) is 1.89. The van der Waals surface area contributed by atoms with Gasteiger partial charge in [0.25, 0.3) is 0 Å². The highest BCUT2D eigenvalue weighted by atomic mass is 16.6. The predicted molar refractivity (Wildman–Crippen MR) is 106 cm³/mol. The topological polar surface area (TPSA) is 79.0 Å². The van der Waals surface area contributed by atoms with E-state index in [-0.39, 0.29) is 25.0 Å². The Morgan fingerprint density at radius 2 is 1.62 bits per heavy atom. The number of ether oxygens (including phenoxy) is 1. The molecule has 0 radical (unpaired) electrons. The Morgan fingerprint density at radius 3 is 2.31 bits per heavy atom. The number of rotatable bonds is 4. The fourth-order valence-corrected chi connectivity index (χ4v) is 3.77. The van der Waals surface area contributed by atoms with Gasteiger partial charge in [-0.25, -0.2) is 4.79 Å². The standard InChI is InChI=1S/C22H23N3O4/c26-20-19-14-24(22(28)29-15-17-9-5-2-6-10-17)11-12-25(19)21(27)18(23-20)13-16-7-3-1-4-8-16/h1-10,18-19H,11-15H2,(H,23,26)/t18-,19-/m1/s1. The maximum atomic E-state index is 12.9. The molecule has 0 spiro atoms. The zero-order valence-corrected chi connectivity index (χ0v) is 16.0. The molecule has 1 N–H and O–H groups in total. The third kappa shape index (κ3) is 4.23. The average molecular weight is 393 g/mol. The summed E-state index contributed by atoms with van der Waals surface area (Å²) in [5.74, 6) is -0.332. The van der Waals surface area contributed by atoms with Gasteiger partial charge < -0.3 is 19.9 Å². The summed E-state index contributed by atoms with van der Waals surface area (Å²) in [6.45, 7) is 0.988. The van der Waals surface area contributed by atoms with Crippen molar-refractivity contribution in [2.24, 2.45) is 0 Å². The third-order valence-corrected chi connectivity index (χ3v) is 5.33. The molecule has 2 aromatic carbocycles. The minimum absolute atomic E-state index is 0.101. The predicted octanol–water partition coefficient (Wildman–Crippen LogP) is 1.58. The zero-order valence-electron chi connectivity index (χ0n) is 16.0. The minimum Gasteiger partial charge on any atom is -0.445 e. The molecule has 0 aliphatic carbocycles. The molecule has 2 fully saturated rings. The number of carbonyl (C=O) groups is 3. The first-order chi connectivity index (χ1) is 14.1. The summed E-state index contributed by atoms with van der Waals surface area (Å²) < 4.78 is 5.36. The third-order valence-electron chi connectivity index (χ3n) is 5.33. The largest absolute Gasteiger partial charge is 0.445 e. The summed E-state index contributed by atoms with van der Waals surface area (Å²) >= 11 is 0. The fraction of sp³-hybridized carbons (Fsp3) is 0.318. The molecule has 0 bridgehead atoms. The van der Waals surface area contributed by atoms with Crippen molar-refractivity contribution in [3.8, 4) is 0 Å². The van der Waals surface area contributed by atoms with Crippen molar-refractivity contribution < 1.29 is 19.1 Å². The van der Waals surface area contributed by atoms with Crippen LogP contribution in [0.15, 0.2) is 60.7 Å². The number of benzene rings is 2. The number of carbonyl (C=O) groups excluding carboxylic acids is 3. The molecular formula is C22H23N3O4. The Bertz CT molecular complexity index is 887. The summed E-state index contributed by atoms with van der Waals surface area (Å²) in [5, 5.41) is 2.82. The number of hydrogen-bond donors (Lipinski definition) is 1. The quantitative estimate of drug-likeness (QED) is 0.855.